The van der Waals surface area contributed by atoms with Crippen LogP contribution in [0.1, 0.15) is 61.6 Å². The first-order chi connectivity index (χ1) is 15.9. The molecule has 3 aliphatic carbocycles. The van der Waals surface area contributed by atoms with Crippen molar-refractivity contribution in [3.8, 4) is 17.2 Å². The number of aromatic hydroxyl groups is 1. The van der Waals surface area contributed by atoms with E-state index in [-0.39, 0.29) is 17.3 Å². The largest absolute Gasteiger partial charge is 0.504 e. The molecule has 6 heteroatoms. The monoisotopic (exact) mass is 451 g/mol. The number of phenols is 1. The Morgan fingerprint density at radius 3 is 2.73 bits per heavy atom. The van der Waals surface area contributed by atoms with Crippen LogP contribution in [-0.2, 0) is 11.4 Å². The third-order valence-corrected chi connectivity index (χ3v) is 8.42. The number of hydrogen-bond acceptors (Lipinski definition) is 6. The Bertz CT molecular complexity index is 1070. The predicted octanol–water partition coefficient (Wildman–Crippen LogP) is 5.00. The molecule has 0 heterocycles. The van der Waals surface area contributed by atoms with Crippen LogP contribution in [0.15, 0.2) is 41.6 Å². The lowest BCUT2D eigenvalue weighted by atomic mass is 9.55. The Morgan fingerprint density at radius 1 is 1.09 bits per heavy atom. The highest BCUT2D eigenvalue weighted by molar-refractivity contribution is 6.03. The molecule has 0 spiro atoms. The van der Waals surface area contributed by atoms with Gasteiger partial charge < -0.3 is 24.5 Å². The van der Waals surface area contributed by atoms with E-state index in [1.54, 1.807) is 20.3 Å². The van der Waals surface area contributed by atoms with E-state index in [0.717, 1.165) is 54.7 Å². The Kier molecular flexibility index (Phi) is 5.73. The predicted molar refractivity (Wildman–Crippen MR) is 126 cm³/mol. The average molecular weight is 452 g/mol. The van der Waals surface area contributed by atoms with E-state index in [4.69, 9.17) is 14.3 Å². The number of methoxy groups -OCH3 is 2. The maximum Gasteiger partial charge on any atom is 0.160 e. The van der Waals surface area contributed by atoms with Crippen LogP contribution in [0.4, 0.5) is 0 Å². The zero-order chi connectivity index (χ0) is 23.2. The second-order valence-electron chi connectivity index (χ2n) is 9.99. The van der Waals surface area contributed by atoms with Gasteiger partial charge in [-0.25, -0.2) is 0 Å². The average Bonchev–Trinajstić information content (AvgIpc) is 3.13. The van der Waals surface area contributed by atoms with E-state index < -0.39 is 0 Å². The van der Waals surface area contributed by atoms with Gasteiger partial charge in [-0.1, -0.05) is 24.2 Å². The number of fused-ring (bicyclic) bond motifs is 5. The van der Waals surface area contributed by atoms with Gasteiger partial charge in [-0.2, -0.15) is 0 Å². The molecule has 2 N–H and O–H groups in total. The Labute approximate surface area is 195 Å². The number of phenolic OH excluding ortho intramolecular Hbond substituents is 1. The minimum Gasteiger partial charge on any atom is -0.504 e. The maximum absolute atomic E-state index is 10.7. The molecule has 2 saturated carbocycles. The topological polar surface area (TPSA) is 80.5 Å². The molecule has 0 radical (unpaired) electrons. The number of oxime groups is 1. The van der Waals surface area contributed by atoms with Gasteiger partial charge in [0.25, 0.3) is 0 Å². The van der Waals surface area contributed by atoms with Gasteiger partial charge in [0, 0.05) is 5.56 Å². The van der Waals surface area contributed by atoms with Crippen LogP contribution < -0.4 is 9.47 Å². The Morgan fingerprint density at radius 2 is 1.94 bits per heavy atom. The highest BCUT2D eigenvalue weighted by Gasteiger charge is 2.55. The van der Waals surface area contributed by atoms with Gasteiger partial charge in [-0.3, -0.25) is 0 Å². The minimum atomic E-state index is -0.232. The second kappa shape index (κ2) is 8.56. The fourth-order valence-electron chi connectivity index (χ4n) is 6.60. The van der Waals surface area contributed by atoms with Crippen molar-refractivity contribution in [1.82, 2.24) is 0 Å². The second-order valence-corrected chi connectivity index (χ2v) is 9.99. The number of hydrogen-bond donors (Lipinski definition) is 2. The first kappa shape index (κ1) is 22.1. The molecule has 5 rings (SSSR count). The molecule has 176 valence electrons. The van der Waals surface area contributed by atoms with Crippen LogP contribution in [0.25, 0.3) is 0 Å². The minimum absolute atomic E-state index is 0.0355. The van der Waals surface area contributed by atoms with Crippen LogP contribution in [0.3, 0.4) is 0 Å². The molecular weight excluding hydrogens is 418 g/mol. The molecule has 5 atom stereocenters. The summed E-state index contributed by atoms with van der Waals surface area (Å²) in [6.45, 7) is 2.60. The SMILES string of the molecule is COc1cccc(CON=C2C[C@@H]3[C@H](CC[C@]4(C)[C@@H](O)CC[C@@H]34)c3cc(OC)c(O)cc32)c1. The standard InChI is InChI=1S/C27H33NO5/c1-27-10-9-18-19-14-25(32-3)24(29)13-21(19)23(12-20(18)22(27)7-8-26(27)30)28-33-15-16-5-4-6-17(11-16)31-2/h4-6,11,13-14,18,20,22,26,29-30H,7-10,12,15H2,1-3H3/t18-,20-,22+,26+,27+/m1/s1. The molecule has 0 aliphatic heterocycles. The normalized spacial score (nSPS) is 31.5. The number of aliphatic hydroxyl groups excluding tert-OH is 1. The van der Waals surface area contributed by atoms with E-state index in [1.165, 1.54) is 5.56 Å². The van der Waals surface area contributed by atoms with Crippen molar-refractivity contribution in [3.05, 3.63) is 53.1 Å². The van der Waals surface area contributed by atoms with E-state index in [9.17, 15) is 10.2 Å². The van der Waals surface area contributed by atoms with E-state index in [1.807, 2.05) is 30.3 Å². The summed E-state index contributed by atoms with van der Waals surface area (Å²) >= 11 is 0. The van der Waals surface area contributed by atoms with Gasteiger partial charge in [0.1, 0.15) is 12.4 Å². The zero-order valence-corrected chi connectivity index (χ0v) is 19.6. The first-order valence-electron chi connectivity index (χ1n) is 11.9. The van der Waals surface area contributed by atoms with Gasteiger partial charge >= 0.3 is 0 Å². The molecule has 6 nitrogen and oxygen atoms in total. The van der Waals surface area contributed by atoms with Crippen molar-refractivity contribution < 1.29 is 24.5 Å². The number of rotatable bonds is 5. The van der Waals surface area contributed by atoms with E-state index in [2.05, 4.69) is 12.1 Å². The molecule has 3 aliphatic rings. The summed E-state index contributed by atoms with van der Waals surface area (Å²) in [5.41, 5.74) is 3.93. The third kappa shape index (κ3) is 3.74. The van der Waals surface area contributed by atoms with Crippen LogP contribution >= 0.6 is 0 Å². The summed E-state index contributed by atoms with van der Waals surface area (Å²) in [7, 11) is 3.23. The summed E-state index contributed by atoms with van der Waals surface area (Å²) in [5.74, 6) is 2.60. The van der Waals surface area contributed by atoms with Crippen LogP contribution in [0.2, 0.25) is 0 Å². The van der Waals surface area contributed by atoms with Crippen molar-refractivity contribution in [2.75, 3.05) is 14.2 Å². The van der Waals surface area contributed by atoms with Gasteiger partial charge in [0.15, 0.2) is 11.5 Å². The van der Waals surface area contributed by atoms with Crippen LogP contribution in [0, 0.1) is 17.3 Å². The fraction of sp³-hybridized carbons (Fsp3) is 0.519. The molecule has 2 fully saturated rings. The molecule has 0 saturated heterocycles. The van der Waals surface area contributed by atoms with Crippen molar-refractivity contribution >= 4 is 5.71 Å². The summed E-state index contributed by atoms with van der Waals surface area (Å²) < 4.78 is 10.7. The lowest BCUT2D eigenvalue weighted by Crippen LogP contribution is -2.45. The molecule has 0 aromatic heterocycles. The maximum atomic E-state index is 10.7. The van der Waals surface area contributed by atoms with Gasteiger partial charge in [-0.15, -0.1) is 0 Å². The number of benzene rings is 2. The number of nitrogens with zero attached hydrogens (tertiary/aromatic N) is 1. The lowest BCUT2D eigenvalue weighted by molar-refractivity contribution is -0.0180. The molecule has 0 bridgehead atoms. The van der Waals surface area contributed by atoms with Gasteiger partial charge in [-0.05, 0) is 90.7 Å². The highest BCUT2D eigenvalue weighted by atomic mass is 16.6. The fourth-order valence-corrected chi connectivity index (χ4v) is 6.60. The van der Waals surface area contributed by atoms with Crippen molar-refractivity contribution in [2.24, 2.45) is 22.4 Å². The summed E-state index contributed by atoms with van der Waals surface area (Å²) in [4.78, 5) is 5.82. The van der Waals surface area contributed by atoms with Crippen molar-refractivity contribution in [3.63, 3.8) is 0 Å². The van der Waals surface area contributed by atoms with Gasteiger partial charge in [0.05, 0.1) is 26.0 Å². The molecular formula is C27H33NO5. The zero-order valence-electron chi connectivity index (χ0n) is 19.6. The third-order valence-electron chi connectivity index (χ3n) is 8.42. The van der Waals surface area contributed by atoms with E-state index in [0.29, 0.717) is 30.1 Å². The molecule has 2 aromatic carbocycles. The highest BCUT2D eigenvalue weighted by Crippen LogP contribution is 2.61. The Balaban J connectivity index is 1.48. The van der Waals surface area contributed by atoms with Crippen LogP contribution in [0.5, 0.6) is 17.2 Å². The van der Waals surface area contributed by atoms with Gasteiger partial charge in [0.2, 0.25) is 0 Å². The first-order valence-corrected chi connectivity index (χ1v) is 11.9. The molecule has 2 aromatic rings. The van der Waals surface area contributed by atoms with Crippen LogP contribution in [-0.4, -0.2) is 36.2 Å². The molecule has 33 heavy (non-hydrogen) atoms. The summed E-state index contributed by atoms with van der Waals surface area (Å²) in [5, 5.41) is 25.8. The number of aliphatic hydroxyl groups is 1. The summed E-state index contributed by atoms with van der Waals surface area (Å²) in [6, 6.07) is 11.5. The molecule has 0 amide bonds. The van der Waals surface area contributed by atoms with Crippen molar-refractivity contribution in [1.29, 1.82) is 0 Å². The quantitative estimate of drug-likeness (QED) is 0.625. The lowest BCUT2D eigenvalue weighted by Gasteiger charge is -2.50. The Hall–Kier alpha value is -2.73. The van der Waals surface area contributed by atoms with Crippen molar-refractivity contribution in [2.45, 2.75) is 57.7 Å². The summed E-state index contributed by atoms with van der Waals surface area (Å²) in [6.07, 6.45) is 4.50. The molecule has 0 unspecified atom stereocenters. The number of ether oxygens (including phenoxy) is 2. The van der Waals surface area contributed by atoms with E-state index >= 15 is 0 Å². The smallest absolute Gasteiger partial charge is 0.160 e.